The highest BCUT2D eigenvalue weighted by molar-refractivity contribution is 14.1. The molecule has 1 aromatic heterocycles. The van der Waals surface area contributed by atoms with E-state index in [0.29, 0.717) is 12.1 Å². The molecule has 3 nitrogen and oxygen atoms in total. The number of thiophene rings is 1. The third-order valence-corrected chi connectivity index (χ3v) is 4.56. The van der Waals surface area contributed by atoms with Crippen molar-refractivity contribution in [1.29, 1.82) is 0 Å². The number of nitrogens with one attached hydrogen (secondary N) is 1. The van der Waals surface area contributed by atoms with E-state index in [-0.39, 0.29) is 11.7 Å². The van der Waals surface area contributed by atoms with Gasteiger partial charge in [0.25, 0.3) is 0 Å². The molecule has 0 radical (unpaired) electrons. The highest BCUT2D eigenvalue weighted by Crippen LogP contribution is 2.20. The van der Waals surface area contributed by atoms with Crippen LogP contribution in [0, 0.1) is 2.88 Å². The van der Waals surface area contributed by atoms with Crippen molar-refractivity contribution < 1.29 is 9.90 Å². The van der Waals surface area contributed by atoms with Crippen LogP contribution in [0.15, 0.2) is 36.4 Å². The summed E-state index contributed by atoms with van der Waals surface area (Å²) in [5.74, 6) is 0.210. The van der Waals surface area contributed by atoms with Gasteiger partial charge in [-0.2, -0.15) is 0 Å². The van der Waals surface area contributed by atoms with E-state index < -0.39 is 0 Å². The third-order valence-electron chi connectivity index (χ3n) is 2.61. The highest BCUT2D eigenvalue weighted by atomic mass is 127. The Morgan fingerprint density at radius 3 is 2.58 bits per heavy atom. The molecule has 2 aromatic rings. The predicted molar refractivity (Wildman–Crippen MR) is 86.7 cm³/mol. The summed E-state index contributed by atoms with van der Waals surface area (Å²) in [7, 11) is 0. The smallest absolute Gasteiger partial charge is 0.224 e. The average molecular weight is 387 g/mol. The van der Waals surface area contributed by atoms with Crippen LogP contribution in [-0.4, -0.2) is 11.0 Å². The number of hydrogen-bond acceptors (Lipinski definition) is 3. The van der Waals surface area contributed by atoms with Gasteiger partial charge in [-0.1, -0.05) is 0 Å². The van der Waals surface area contributed by atoms with Gasteiger partial charge >= 0.3 is 0 Å². The summed E-state index contributed by atoms with van der Waals surface area (Å²) in [4.78, 5) is 13.0. The number of rotatable bonds is 5. The maximum Gasteiger partial charge on any atom is 0.224 e. The second-order valence-corrected chi connectivity index (χ2v) is 7.22. The minimum Gasteiger partial charge on any atom is -0.508 e. The minimum absolute atomic E-state index is 0.0111. The molecule has 0 unspecified atom stereocenters. The fourth-order valence-electron chi connectivity index (χ4n) is 1.68. The molecule has 0 atom stereocenters. The molecule has 2 N–H and O–H groups in total. The minimum atomic E-state index is 0.0111. The van der Waals surface area contributed by atoms with Gasteiger partial charge in [-0.25, -0.2) is 0 Å². The molecule has 100 valence electrons. The molecule has 0 saturated heterocycles. The van der Waals surface area contributed by atoms with Gasteiger partial charge in [0.2, 0.25) is 5.91 Å². The zero-order valence-electron chi connectivity index (χ0n) is 10.2. The number of aryl methyl sites for hydroxylation is 1. The molecule has 0 saturated carbocycles. The number of phenols is 1. The van der Waals surface area contributed by atoms with E-state index in [0.717, 1.165) is 12.8 Å². The maximum atomic E-state index is 11.7. The van der Waals surface area contributed by atoms with Crippen LogP contribution >= 0.6 is 33.9 Å². The Labute approximate surface area is 129 Å². The average Bonchev–Trinajstić information content (AvgIpc) is 2.78. The summed E-state index contributed by atoms with van der Waals surface area (Å²) >= 11 is 4.07. The first-order valence-corrected chi connectivity index (χ1v) is 7.86. The van der Waals surface area contributed by atoms with Crippen LogP contribution in [0.2, 0.25) is 0 Å². The molecule has 0 fully saturated rings. The first-order chi connectivity index (χ1) is 9.13. The fraction of sp³-hybridized carbons (Fsp3) is 0.214. The van der Waals surface area contributed by atoms with Crippen LogP contribution < -0.4 is 5.32 Å². The normalized spacial score (nSPS) is 10.4. The lowest BCUT2D eigenvalue weighted by Crippen LogP contribution is -2.11. The van der Waals surface area contributed by atoms with Crippen LogP contribution in [0.5, 0.6) is 5.75 Å². The van der Waals surface area contributed by atoms with Gasteiger partial charge in [-0.05, 0) is 71.8 Å². The lowest BCUT2D eigenvalue weighted by atomic mass is 10.2. The Kier molecular flexibility index (Phi) is 5.21. The quantitative estimate of drug-likeness (QED) is 0.602. The Balaban J connectivity index is 1.74. The van der Waals surface area contributed by atoms with Gasteiger partial charge in [0.15, 0.2) is 0 Å². The summed E-state index contributed by atoms with van der Waals surface area (Å²) in [6.07, 6.45) is 2.30. The third kappa shape index (κ3) is 4.83. The van der Waals surface area contributed by atoms with Gasteiger partial charge < -0.3 is 10.4 Å². The molecule has 0 bridgehead atoms. The Morgan fingerprint density at radius 1 is 1.21 bits per heavy atom. The van der Waals surface area contributed by atoms with E-state index in [1.807, 2.05) is 0 Å². The van der Waals surface area contributed by atoms with Crippen molar-refractivity contribution >= 4 is 45.5 Å². The highest BCUT2D eigenvalue weighted by Gasteiger charge is 2.04. The number of anilines is 1. The van der Waals surface area contributed by atoms with E-state index in [9.17, 15) is 4.79 Å². The molecule has 1 amide bonds. The summed E-state index contributed by atoms with van der Waals surface area (Å²) in [5, 5.41) is 12.0. The molecule has 5 heteroatoms. The SMILES string of the molecule is O=C(CCCc1ccc(I)s1)Nc1ccc(O)cc1. The molecule has 1 aromatic carbocycles. The number of carbonyl (C=O) groups excluding carboxylic acids is 1. The second-order valence-electron chi connectivity index (χ2n) is 4.15. The number of carbonyl (C=O) groups is 1. The number of amides is 1. The monoisotopic (exact) mass is 387 g/mol. The van der Waals surface area contributed by atoms with E-state index in [4.69, 9.17) is 5.11 Å². The number of halogens is 1. The Hall–Kier alpha value is -1.08. The van der Waals surface area contributed by atoms with Crippen LogP contribution in [0.25, 0.3) is 0 Å². The summed E-state index contributed by atoms with van der Waals surface area (Å²) < 4.78 is 1.28. The summed E-state index contributed by atoms with van der Waals surface area (Å²) in [5.41, 5.74) is 0.716. The topological polar surface area (TPSA) is 49.3 Å². The van der Waals surface area contributed by atoms with E-state index >= 15 is 0 Å². The van der Waals surface area contributed by atoms with Crippen LogP contribution in [0.1, 0.15) is 17.7 Å². The van der Waals surface area contributed by atoms with Gasteiger partial charge in [-0.15, -0.1) is 11.3 Å². The van der Waals surface area contributed by atoms with Crippen LogP contribution in [-0.2, 0) is 11.2 Å². The van der Waals surface area contributed by atoms with Crippen molar-refractivity contribution in [2.75, 3.05) is 5.32 Å². The maximum absolute atomic E-state index is 11.7. The van der Waals surface area contributed by atoms with Crippen LogP contribution in [0.4, 0.5) is 5.69 Å². The number of hydrogen-bond donors (Lipinski definition) is 2. The summed E-state index contributed by atoms with van der Waals surface area (Å²) in [6, 6.07) is 10.7. The van der Waals surface area contributed by atoms with Crippen molar-refractivity contribution in [3.63, 3.8) is 0 Å². The summed E-state index contributed by atoms with van der Waals surface area (Å²) in [6.45, 7) is 0. The molecule has 0 spiro atoms. The molecule has 2 rings (SSSR count). The van der Waals surface area contributed by atoms with Gasteiger partial charge in [0, 0.05) is 17.0 Å². The number of phenolic OH excluding ortho intramolecular Hbond substituents is 1. The lowest BCUT2D eigenvalue weighted by Gasteiger charge is -2.04. The van der Waals surface area contributed by atoms with Crippen molar-refractivity contribution in [3.8, 4) is 5.75 Å². The Bertz CT molecular complexity index is 551. The predicted octanol–water partition coefficient (Wildman–Crippen LogP) is 4.02. The molecule has 1 heterocycles. The van der Waals surface area contributed by atoms with Gasteiger partial charge in [-0.3, -0.25) is 4.79 Å². The first-order valence-electron chi connectivity index (χ1n) is 5.96. The molecule has 0 aliphatic carbocycles. The zero-order chi connectivity index (χ0) is 13.7. The largest absolute Gasteiger partial charge is 0.508 e. The standard InChI is InChI=1S/C14H14INO2S/c15-13-9-8-12(19-13)2-1-3-14(18)16-10-4-6-11(17)7-5-10/h4-9,17H,1-3H2,(H,16,18). The molecular formula is C14H14INO2S. The van der Waals surface area contributed by atoms with Crippen molar-refractivity contribution in [1.82, 2.24) is 0 Å². The van der Waals surface area contributed by atoms with Crippen LogP contribution in [0.3, 0.4) is 0 Å². The Morgan fingerprint density at radius 2 is 1.95 bits per heavy atom. The van der Waals surface area contributed by atoms with Crippen molar-refractivity contribution in [2.24, 2.45) is 0 Å². The van der Waals surface area contributed by atoms with E-state index in [1.165, 1.54) is 7.76 Å². The van der Waals surface area contributed by atoms with Crippen molar-refractivity contribution in [2.45, 2.75) is 19.3 Å². The molecule has 0 aliphatic rings. The fourth-order valence-corrected chi connectivity index (χ4v) is 3.47. The van der Waals surface area contributed by atoms with Gasteiger partial charge in [0.1, 0.15) is 5.75 Å². The second kappa shape index (κ2) is 6.91. The van der Waals surface area contributed by atoms with E-state index in [1.54, 1.807) is 35.6 Å². The zero-order valence-corrected chi connectivity index (χ0v) is 13.2. The number of aromatic hydroxyl groups is 1. The molecular weight excluding hydrogens is 373 g/mol. The lowest BCUT2D eigenvalue weighted by molar-refractivity contribution is -0.116. The van der Waals surface area contributed by atoms with Gasteiger partial charge in [0.05, 0.1) is 2.88 Å². The first kappa shape index (κ1) is 14.3. The molecule has 19 heavy (non-hydrogen) atoms. The molecule has 0 aliphatic heterocycles. The van der Waals surface area contributed by atoms with E-state index in [2.05, 4.69) is 40.0 Å². The number of benzene rings is 1. The van der Waals surface area contributed by atoms with Crippen molar-refractivity contribution in [3.05, 3.63) is 44.2 Å².